The number of nitrogens with zero attached hydrogens (tertiary/aromatic N) is 1. The largest absolute Gasteiger partial charge is 0.507 e. The number of fused-ring (bicyclic) bond motifs is 2. The van der Waals surface area contributed by atoms with Crippen LogP contribution in [0.5, 0.6) is 34.5 Å². The van der Waals surface area contributed by atoms with Crippen LogP contribution < -0.4 is 0 Å². The summed E-state index contributed by atoms with van der Waals surface area (Å²) in [6.45, 7) is 14.7. The van der Waals surface area contributed by atoms with Gasteiger partial charge in [0.2, 0.25) is 0 Å². The van der Waals surface area contributed by atoms with Gasteiger partial charge in [-0.05, 0) is 47.6 Å². The zero-order chi connectivity index (χ0) is 30.5. The highest BCUT2D eigenvalue weighted by Gasteiger charge is 2.29. The number of aldehydes is 1. The Balaban J connectivity index is 2.26. The fraction of sp³-hybridized carbons (Fsp3) is 0.273. The monoisotopic (exact) mass is 557 g/mol. The summed E-state index contributed by atoms with van der Waals surface area (Å²) in [6, 6.07) is 3.47. The van der Waals surface area contributed by atoms with Crippen LogP contribution in [0.15, 0.2) is 29.8 Å². The van der Waals surface area contributed by atoms with E-state index in [-0.39, 0.29) is 68.7 Å². The lowest BCUT2D eigenvalue weighted by Crippen LogP contribution is -2.01. The van der Waals surface area contributed by atoms with Crippen molar-refractivity contribution in [1.29, 1.82) is 0 Å². The molecule has 0 unspecified atom stereocenters. The standard InChI is InChI=1S/C33H35NO7/c1-8-9-34-12-20-26-18(22(14(2)3)32(40)28(20)36)10-16(6)24(30(26)38)25-17(7)11-19-23(15(4)5)33(41)29(37)21(13-35)27(19)31(25)39/h8,10-15,36-41H,1,9H2,2-7H3. The van der Waals surface area contributed by atoms with Crippen molar-refractivity contribution < 1.29 is 35.4 Å². The first-order valence-corrected chi connectivity index (χ1v) is 13.3. The fourth-order valence-corrected chi connectivity index (χ4v) is 5.83. The summed E-state index contributed by atoms with van der Waals surface area (Å²) in [7, 11) is 0. The number of carbonyl (C=O) groups is 1. The zero-order valence-corrected chi connectivity index (χ0v) is 24.0. The van der Waals surface area contributed by atoms with Crippen LogP contribution in [-0.2, 0) is 0 Å². The van der Waals surface area contributed by atoms with Gasteiger partial charge in [0.1, 0.15) is 11.5 Å². The third kappa shape index (κ3) is 4.40. The van der Waals surface area contributed by atoms with E-state index in [1.54, 1.807) is 32.1 Å². The molecule has 4 aromatic rings. The van der Waals surface area contributed by atoms with Gasteiger partial charge in [-0.25, -0.2) is 0 Å². The average molecular weight is 558 g/mol. The number of aryl methyl sites for hydroxylation is 2. The molecule has 0 aliphatic heterocycles. The molecule has 0 spiro atoms. The Kier molecular flexibility index (Phi) is 7.63. The summed E-state index contributed by atoms with van der Waals surface area (Å²) in [5.74, 6) is -2.91. The molecule has 214 valence electrons. The first-order chi connectivity index (χ1) is 19.3. The highest BCUT2D eigenvalue weighted by Crippen LogP contribution is 2.54. The van der Waals surface area contributed by atoms with Gasteiger partial charge in [0.15, 0.2) is 29.3 Å². The molecule has 6 N–H and O–H groups in total. The summed E-state index contributed by atoms with van der Waals surface area (Å²) in [4.78, 5) is 16.3. The molecule has 0 saturated carbocycles. The van der Waals surface area contributed by atoms with Crippen LogP contribution in [0.4, 0.5) is 0 Å². The van der Waals surface area contributed by atoms with Crippen molar-refractivity contribution in [2.75, 3.05) is 6.54 Å². The molecule has 0 atom stereocenters. The van der Waals surface area contributed by atoms with Crippen LogP contribution in [-0.4, -0.2) is 49.7 Å². The third-order valence-corrected chi connectivity index (χ3v) is 7.56. The number of aliphatic imine (C=N–C) groups is 1. The summed E-state index contributed by atoms with van der Waals surface area (Å²) >= 11 is 0. The van der Waals surface area contributed by atoms with E-state index < -0.39 is 17.2 Å². The van der Waals surface area contributed by atoms with E-state index >= 15 is 0 Å². The second-order valence-electron chi connectivity index (χ2n) is 10.9. The fourth-order valence-electron chi connectivity index (χ4n) is 5.83. The molecule has 0 amide bonds. The van der Waals surface area contributed by atoms with Crippen LogP contribution in [0.3, 0.4) is 0 Å². The Morgan fingerprint density at radius 3 is 1.51 bits per heavy atom. The first kappa shape index (κ1) is 29.3. The molecule has 8 nitrogen and oxygen atoms in total. The van der Waals surface area contributed by atoms with E-state index in [0.29, 0.717) is 39.3 Å². The molecule has 0 radical (unpaired) electrons. The zero-order valence-electron chi connectivity index (χ0n) is 24.0. The summed E-state index contributed by atoms with van der Waals surface area (Å²) < 4.78 is 0. The molecule has 4 rings (SSSR count). The number of aromatic hydroxyl groups is 6. The van der Waals surface area contributed by atoms with E-state index in [0.717, 1.165) is 0 Å². The van der Waals surface area contributed by atoms with Gasteiger partial charge in [0, 0.05) is 44.8 Å². The van der Waals surface area contributed by atoms with Crippen molar-refractivity contribution in [3.63, 3.8) is 0 Å². The van der Waals surface area contributed by atoms with Crippen LogP contribution in [0, 0.1) is 13.8 Å². The number of hydrogen-bond acceptors (Lipinski definition) is 8. The van der Waals surface area contributed by atoms with Gasteiger partial charge < -0.3 is 30.6 Å². The molecular weight excluding hydrogens is 522 g/mol. The minimum atomic E-state index is -0.636. The van der Waals surface area contributed by atoms with E-state index in [1.165, 1.54) is 6.21 Å². The van der Waals surface area contributed by atoms with Gasteiger partial charge in [-0.3, -0.25) is 9.79 Å². The molecule has 0 aliphatic carbocycles. The molecule has 0 aliphatic rings. The Hall–Kier alpha value is -4.72. The summed E-state index contributed by atoms with van der Waals surface area (Å²) in [6.07, 6.45) is 3.29. The number of phenolic OH excluding ortho intramolecular Hbond substituents is 6. The number of benzene rings is 4. The minimum absolute atomic E-state index is 0.0442. The van der Waals surface area contributed by atoms with Crippen LogP contribution in [0.2, 0.25) is 0 Å². The molecule has 0 heterocycles. The van der Waals surface area contributed by atoms with Crippen molar-refractivity contribution in [2.24, 2.45) is 4.99 Å². The van der Waals surface area contributed by atoms with Gasteiger partial charge in [-0.1, -0.05) is 45.9 Å². The van der Waals surface area contributed by atoms with Crippen LogP contribution >= 0.6 is 0 Å². The predicted molar refractivity (Wildman–Crippen MR) is 163 cm³/mol. The van der Waals surface area contributed by atoms with Gasteiger partial charge in [-0.2, -0.15) is 0 Å². The summed E-state index contributed by atoms with van der Waals surface area (Å²) in [5, 5.41) is 68.1. The lowest BCUT2D eigenvalue weighted by Gasteiger charge is -2.23. The topological polar surface area (TPSA) is 151 Å². The second-order valence-corrected chi connectivity index (χ2v) is 10.9. The van der Waals surface area contributed by atoms with Crippen molar-refractivity contribution in [3.8, 4) is 45.6 Å². The average Bonchev–Trinajstić information content (AvgIpc) is 2.89. The number of phenols is 6. The minimum Gasteiger partial charge on any atom is -0.507 e. The smallest absolute Gasteiger partial charge is 0.169 e. The molecule has 41 heavy (non-hydrogen) atoms. The van der Waals surface area contributed by atoms with Gasteiger partial charge in [0.05, 0.1) is 12.1 Å². The molecule has 0 fully saturated rings. The van der Waals surface area contributed by atoms with Crippen molar-refractivity contribution >= 4 is 34.0 Å². The number of carbonyl (C=O) groups excluding carboxylic acids is 1. The third-order valence-electron chi connectivity index (χ3n) is 7.56. The van der Waals surface area contributed by atoms with Crippen LogP contribution in [0.25, 0.3) is 32.7 Å². The van der Waals surface area contributed by atoms with Gasteiger partial charge >= 0.3 is 0 Å². The Morgan fingerprint density at radius 2 is 1.12 bits per heavy atom. The lowest BCUT2D eigenvalue weighted by atomic mass is 9.83. The Labute approximate surface area is 238 Å². The number of rotatable bonds is 7. The molecular formula is C33H35NO7. The highest BCUT2D eigenvalue weighted by molar-refractivity contribution is 6.14. The van der Waals surface area contributed by atoms with E-state index in [4.69, 9.17) is 0 Å². The Bertz CT molecular complexity index is 1780. The molecule has 0 aromatic heterocycles. The maximum atomic E-state index is 12.1. The maximum Gasteiger partial charge on any atom is 0.169 e. The van der Waals surface area contributed by atoms with Gasteiger partial charge in [0.25, 0.3) is 0 Å². The van der Waals surface area contributed by atoms with Gasteiger partial charge in [-0.15, -0.1) is 6.58 Å². The normalized spacial score (nSPS) is 11.9. The SMILES string of the molecule is C=CCN=Cc1c(O)c(O)c(C(C)C)c2cc(C)c(-c3c(C)cc4c(C(C)C)c(O)c(O)c(C=O)c4c3O)c(O)c12. The highest BCUT2D eigenvalue weighted by atomic mass is 16.3. The van der Waals surface area contributed by atoms with Crippen molar-refractivity contribution in [3.05, 3.63) is 58.2 Å². The molecule has 4 aromatic carbocycles. The molecule has 0 saturated heterocycles. The Morgan fingerprint density at radius 1 is 0.707 bits per heavy atom. The van der Waals surface area contributed by atoms with E-state index in [2.05, 4.69) is 11.6 Å². The summed E-state index contributed by atoms with van der Waals surface area (Å²) in [5.41, 5.74) is 2.16. The lowest BCUT2D eigenvalue weighted by molar-refractivity contribution is 0.112. The maximum absolute atomic E-state index is 12.1. The second kappa shape index (κ2) is 10.7. The van der Waals surface area contributed by atoms with Crippen LogP contribution in [0.1, 0.15) is 77.7 Å². The van der Waals surface area contributed by atoms with E-state index in [1.807, 2.05) is 27.7 Å². The van der Waals surface area contributed by atoms with Crippen molar-refractivity contribution in [1.82, 2.24) is 0 Å². The number of hydrogen-bond donors (Lipinski definition) is 6. The van der Waals surface area contributed by atoms with E-state index in [9.17, 15) is 35.4 Å². The molecule has 8 heteroatoms. The first-order valence-electron chi connectivity index (χ1n) is 13.3. The predicted octanol–water partition coefficient (Wildman–Crippen LogP) is 7.17. The quantitative estimate of drug-likeness (QED) is 0.0610. The molecule has 0 bridgehead atoms. The van der Waals surface area contributed by atoms with Crippen molar-refractivity contribution in [2.45, 2.75) is 53.4 Å².